The van der Waals surface area contributed by atoms with Crippen molar-refractivity contribution in [2.45, 2.75) is 13.5 Å². The fraction of sp³-hybridized carbons (Fsp3) is 0.250. The molecule has 0 aromatic carbocycles. The number of nitrogens with zero attached hydrogens (tertiary/aromatic N) is 3. The molecule has 2 aromatic rings. The molecule has 2 rings (SSSR count). The number of nitrogens with one attached hydrogen (secondary N) is 1. The molecule has 0 saturated heterocycles. The normalized spacial score (nSPS) is 10.6. The van der Waals surface area contributed by atoms with Crippen molar-refractivity contribution < 1.29 is 4.79 Å². The summed E-state index contributed by atoms with van der Waals surface area (Å²) >= 11 is 4.99. The monoisotopic (exact) mass is 208 g/mol. The van der Waals surface area contributed by atoms with Crippen molar-refractivity contribution in [3.63, 3.8) is 0 Å². The molecule has 0 atom stereocenters. The number of fused-ring (bicyclic) bond motifs is 1. The minimum Gasteiger partial charge on any atom is -0.330 e. The van der Waals surface area contributed by atoms with Crippen LogP contribution in [-0.2, 0) is 11.3 Å². The molecule has 0 unspecified atom stereocenters. The van der Waals surface area contributed by atoms with Crippen molar-refractivity contribution in [3.8, 4) is 0 Å². The zero-order chi connectivity index (χ0) is 10.1. The summed E-state index contributed by atoms with van der Waals surface area (Å²) in [4.78, 5) is 21.8. The van der Waals surface area contributed by atoms with Crippen molar-refractivity contribution in [3.05, 3.63) is 17.3 Å². The van der Waals surface area contributed by atoms with Gasteiger partial charge in [-0.05, 0) is 6.92 Å². The Morgan fingerprint density at radius 2 is 2.43 bits per heavy atom. The van der Waals surface area contributed by atoms with Crippen LogP contribution in [0.15, 0.2) is 12.7 Å². The van der Waals surface area contributed by atoms with Crippen molar-refractivity contribution in [2.24, 2.45) is 0 Å². The number of hydrogen-bond donors (Lipinski definition) is 1. The van der Waals surface area contributed by atoms with Gasteiger partial charge < -0.3 is 9.55 Å². The predicted octanol–water partition coefficient (Wildman–Crippen LogP) is 1.08. The van der Waals surface area contributed by atoms with Gasteiger partial charge in [0.1, 0.15) is 16.9 Å². The van der Waals surface area contributed by atoms with E-state index in [1.54, 1.807) is 10.9 Å². The lowest BCUT2D eigenvalue weighted by molar-refractivity contribution is -0.117. The van der Waals surface area contributed by atoms with Gasteiger partial charge in [0.2, 0.25) is 0 Å². The van der Waals surface area contributed by atoms with E-state index in [0.717, 1.165) is 5.65 Å². The number of rotatable bonds is 2. The first kappa shape index (κ1) is 9.01. The van der Waals surface area contributed by atoms with Gasteiger partial charge in [0.25, 0.3) is 0 Å². The first-order valence-corrected chi connectivity index (χ1v) is 4.47. The van der Waals surface area contributed by atoms with E-state index in [9.17, 15) is 4.79 Å². The predicted molar refractivity (Wildman–Crippen MR) is 53.4 cm³/mol. The summed E-state index contributed by atoms with van der Waals surface area (Å²) in [6.07, 6.45) is 3.09. The average Bonchev–Trinajstić information content (AvgIpc) is 2.49. The Hall–Kier alpha value is -1.56. The number of hydrogen-bond acceptors (Lipinski definition) is 4. The number of aromatic nitrogens is 4. The van der Waals surface area contributed by atoms with Gasteiger partial charge in [0.15, 0.2) is 4.64 Å². The summed E-state index contributed by atoms with van der Waals surface area (Å²) < 4.78 is 2.16. The van der Waals surface area contributed by atoms with Crippen molar-refractivity contribution in [1.29, 1.82) is 0 Å². The highest BCUT2D eigenvalue weighted by Crippen LogP contribution is 2.08. The Kier molecular flexibility index (Phi) is 2.12. The van der Waals surface area contributed by atoms with Gasteiger partial charge in [-0.2, -0.15) is 0 Å². The fourth-order valence-electron chi connectivity index (χ4n) is 1.26. The molecule has 0 aliphatic carbocycles. The molecule has 0 fully saturated rings. The van der Waals surface area contributed by atoms with Gasteiger partial charge in [-0.3, -0.25) is 4.79 Å². The number of carbonyl (C=O) groups excluding carboxylic acids is 1. The number of Topliss-reactive ketones (excluding diaryl/α,β-unsaturated/α-hetero) is 1. The number of imidazole rings is 1. The van der Waals surface area contributed by atoms with E-state index in [-0.39, 0.29) is 5.78 Å². The second-order valence-corrected chi connectivity index (χ2v) is 3.37. The van der Waals surface area contributed by atoms with E-state index in [2.05, 4.69) is 15.0 Å². The Balaban J connectivity index is 2.64. The molecule has 72 valence electrons. The third kappa shape index (κ3) is 1.44. The van der Waals surface area contributed by atoms with Crippen LogP contribution >= 0.6 is 12.2 Å². The standard InChI is InChI=1S/C8H8N4OS/c1-5(13)2-12-4-11-6-7(12)9-3-10-8(6)14/h3-4H,2H2,1H3,(H,9,10,14). The smallest absolute Gasteiger partial charge is 0.157 e. The molecule has 5 nitrogen and oxygen atoms in total. The Morgan fingerprint density at radius 1 is 1.64 bits per heavy atom. The zero-order valence-corrected chi connectivity index (χ0v) is 8.34. The highest BCUT2D eigenvalue weighted by Gasteiger charge is 2.05. The summed E-state index contributed by atoms with van der Waals surface area (Å²) in [7, 11) is 0. The second-order valence-electron chi connectivity index (χ2n) is 2.98. The molecule has 1 N–H and O–H groups in total. The lowest BCUT2D eigenvalue weighted by atomic mass is 10.4. The van der Waals surface area contributed by atoms with Crippen LogP contribution in [0, 0.1) is 4.64 Å². The van der Waals surface area contributed by atoms with Gasteiger partial charge in [-0.15, -0.1) is 0 Å². The Labute approximate surface area is 84.8 Å². The van der Waals surface area contributed by atoms with Crippen LogP contribution in [0.3, 0.4) is 0 Å². The van der Waals surface area contributed by atoms with Gasteiger partial charge >= 0.3 is 0 Å². The van der Waals surface area contributed by atoms with E-state index in [0.29, 0.717) is 16.7 Å². The van der Waals surface area contributed by atoms with Crippen LogP contribution in [-0.4, -0.2) is 25.3 Å². The maximum Gasteiger partial charge on any atom is 0.157 e. The van der Waals surface area contributed by atoms with Crippen molar-refractivity contribution in [1.82, 2.24) is 19.5 Å². The minimum absolute atomic E-state index is 0.0698. The number of H-pyrrole nitrogens is 1. The van der Waals surface area contributed by atoms with E-state index in [1.807, 2.05) is 0 Å². The second kappa shape index (κ2) is 3.30. The van der Waals surface area contributed by atoms with Gasteiger partial charge in [-0.25, -0.2) is 9.97 Å². The first-order valence-electron chi connectivity index (χ1n) is 4.06. The number of ketones is 1. The molecule has 0 aliphatic rings. The SMILES string of the molecule is CC(=O)Cn1cnc2c(=S)nc[nH]c21. The molecule has 0 amide bonds. The van der Waals surface area contributed by atoms with Gasteiger partial charge in [0, 0.05) is 0 Å². The summed E-state index contributed by atoms with van der Waals surface area (Å²) in [6.45, 7) is 1.83. The van der Waals surface area contributed by atoms with E-state index < -0.39 is 0 Å². The van der Waals surface area contributed by atoms with Gasteiger partial charge in [0.05, 0.1) is 19.2 Å². The molecule has 2 heterocycles. The largest absolute Gasteiger partial charge is 0.330 e. The van der Waals surface area contributed by atoms with Crippen molar-refractivity contribution in [2.75, 3.05) is 0 Å². The van der Waals surface area contributed by atoms with Crippen LogP contribution in [0.25, 0.3) is 11.2 Å². The summed E-state index contributed by atoms with van der Waals surface area (Å²) in [5, 5.41) is 0. The Morgan fingerprint density at radius 3 is 3.14 bits per heavy atom. The third-order valence-corrected chi connectivity index (χ3v) is 2.12. The molecule has 6 heteroatoms. The Bertz CT molecular complexity index is 542. The average molecular weight is 208 g/mol. The molecular weight excluding hydrogens is 200 g/mol. The summed E-state index contributed by atoms with van der Waals surface area (Å²) in [6, 6.07) is 0. The molecule has 0 spiro atoms. The first-order chi connectivity index (χ1) is 6.68. The van der Waals surface area contributed by atoms with E-state index in [4.69, 9.17) is 12.2 Å². The van der Waals surface area contributed by atoms with Gasteiger partial charge in [-0.1, -0.05) is 12.2 Å². The molecule has 0 radical (unpaired) electrons. The molecule has 0 saturated carbocycles. The maximum atomic E-state index is 10.9. The van der Waals surface area contributed by atoms with Crippen molar-refractivity contribution >= 4 is 29.2 Å². The third-order valence-electron chi connectivity index (χ3n) is 1.82. The minimum atomic E-state index is 0.0698. The molecular formula is C8H8N4OS. The van der Waals surface area contributed by atoms with E-state index in [1.165, 1.54) is 13.3 Å². The molecule has 0 bridgehead atoms. The highest BCUT2D eigenvalue weighted by atomic mass is 32.1. The lowest BCUT2D eigenvalue weighted by Crippen LogP contribution is -2.05. The summed E-state index contributed by atoms with van der Waals surface area (Å²) in [5.74, 6) is 0.0698. The molecule has 2 aromatic heterocycles. The van der Waals surface area contributed by atoms with E-state index >= 15 is 0 Å². The highest BCUT2D eigenvalue weighted by molar-refractivity contribution is 7.71. The number of carbonyl (C=O) groups is 1. The van der Waals surface area contributed by atoms with Crippen LogP contribution in [0.1, 0.15) is 6.92 Å². The topological polar surface area (TPSA) is 63.6 Å². The summed E-state index contributed by atoms with van der Waals surface area (Å²) in [5.41, 5.74) is 1.36. The van der Waals surface area contributed by atoms with Crippen LogP contribution in [0.2, 0.25) is 0 Å². The number of aromatic amines is 1. The van der Waals surface area contributed by atoms with Crippen LogP contribution < -0.4 is 0 Å². The molecule has 14 heavy (non-hydrogen) atoms. The van der Waals surface area contributed by atoms with Crippen LogP contribution in [0.4, 0.5) is 0 Å². The fourth-order valence-corrected chi connectivity index (χ4v) is 1.47. The quantitative estimate of drug-likeness (QED) is 0.750. The lowest BCUT2D eigenvalue weighted by Gasteiger charge is -1.98. The zero-order valence-electron chi connectivity index (χ0n) is 7.52. The van der Waals surface area contributed by atoms with Crippen LogP contribution in [0.5, 0.6) is 0 Å². The maximum absolute atomic E-state index is 10.9. The molecule has 0 aliphatic heterocycles.